The molecule has 37 heavy (non-hydrogen) atoms. The van der Waals surface area contributed by atoms with Crippen molar-refractivity contribution in [3.63, 3.8) is 0 Å². The van der Waals surface area contributed by atoms with Gasteiger partial charge in [0.15, 0.2) is 11.5 Å². The van der Waals surface area contributed by atoms with E-state index in [1.54, 1.807) is 13.0 Å². The number of benzene rings is 2. The summed E-state index contributed by atoms with van der Waals surface area (Å²) in [4.78, 5) is 27.9. The Morgan fingerprint density at radius 1 is 1.08 bits per heavy atom. The second kappa shape index (κ2) is 12.3. The van der Waals surface area contributed by atoms with Crippen LogP contribution in [0.1, 0.15) is 38.2 Å². The first kappa shape index (κ1) is 28.2. The minimum absolute atomic E-state index is 0.0274. The molecule has 0 spiro atoms. The number of nitrogens with zero attached hydrogens (tertiary/aromatic N) is 2. The van der Waals surface area contributed by atoms with Crippen LogP contribution in [-0.4, -0.2) is 64.2 Å². The number of sulfonamides is 1. The minimum atomic E-state index is -3.92. The lowest BCUT2D eigenvalue weighted by molar-refractivity contribution is -0.139. The van der Waals surface area contributed by atoms with Gasteiger partial charge in [-0.15, -0.1) is 0 Å². The Kier molecular flexibility index (Phi) is 9.36. The zero-order valence-electron chi connectivity index (χ0n) is 21.6. The molecular formula is C26H34FN3O6S. The van der Waals surface area contributed by atoms with Crippen LogP contribution in [0.2, 0.25) is 0 Å². The lowest BCUT2D eigenvalue weighted by atomic mass is 10.1. The predicted octanol–water partition coefficient (Wildman–Crippen LogP) is 3.09. The van der Waals surface area contributed by atoms with Crippen molar-refractivity contribution < 1.29 is 31.9 Å². The van der Waals surface area contributed by atoms with E-state index in [9.17, 15) is 22.4 Å². The van der Waals surface area contributed by atoms with E-state index >= 15 is 0 Å². The predicted molar refractivity (Wildman–Crippen MR) is 139 cm³/mol. The van der Waals surface area contributed by atoms with Crippen molar-refractivity contribution in [3.8, 4) is 11.5 Å². The van der Waals surface area contributed by atoms with Crippen LogP contribution < -0.4 is 19.1 Å². The van der Waals surface area contributed by atoms with Gasteiger partial charge in [0.1, 0.15) is 18.4 Å². The third-order valence-electron chi connectivity index (χ3n) is 6.50. The van der Waals surface area contributed by atoms with Gasteiger partial charge in [0.25, 0.3) is 0 Å². The highest BCUT2D eigenvalue weighted by atomic mass is 32.2. The number of hydrogen-bond acceptors (Lipinski definition) is 6. The maximum atomic E-state index is 14.5. The summed E-state index contributed by atoms with van der Waals surface area (Å²) >= 11 is 0. The van der Waals surface area contributed by atoms with E-state index in [-0.39, 0.29) is 35.5 Å². The molecule has 1 unspecified atom stereocenters. The van der Waals surface area contributed by atoms with Gasteiger partial charge in [0.2, 0.25) is 21.8 Å². The molecule has 0 aromatic heterocycles. The number of carbonyl (C=O) groups excluding carboxylic acids is 2. The van der Waals surface area contributed by atoms with Crippen LogP contribution in [0.3, 0.4) is 0 Å². The topological polar surface area (TPSA) is 105 Å². The van der Waals surface area contributed by atoms with E-state index in [1.807, 2.05) is 0 Å². The Labute approximate surface area is 217 Å². The molecule has 0 saturated heterocycles. The molecule has 0 aliphatic heterocycles. The van der Waals surface area contributed by atoms with Gasteiger partial charge in [-0.2, -0.15) is 0 Å². The fourth-order valence-corrected chi connectivity index (χ4v) is 5.22. The summed E-state index contributed by atoms with van der Waals surface area (Å²) in [6, 6.07) is 9.51. The summed E-state index contributed by atoms with van der Waals surface area (Å²) in [5, 5.41) is 2.97. The van der Waals surface area contributed by atoms with E-state index < -0.39 is 34.3 Å². The molecule has 3 rings (SSSR count). The molecule has 1 saturated carbocycles. The molecule has 2 aromatic carbocycles. The maximum absolute atomic E-state index is 14.5. The molecule has 11 heteroatoms. The highest BCUT2D eigenvalue weighted by molar-refractivity contribution is 7.92. The standard InChI is InChI=1S/C26H34FN3O6S/c1-18(26(32)28-20-10-6-7-11-20)29(16-19-9-5-8-12-22(19)27)25(31)17-30(37(4,33)34)21-13-14-23(35-2)24(15-21)36-3/h5,8-9,12-15,18,20H,6-7,10-11,16-17H2,1-4H3,(H,28,32). The van der Waals surface area contributed by atoms with Gasteiger partial charge in [0, 0.05) is 24.2 Å². The number of hydrogen-bond donors (Lipinski definition) is 1. The molecule has 2 amide bonds. The van der Waals surface area contributed by atoms with Crippen LogP contribution in [0.5, 0.6) is 11.5 Å². The maximum Gasteiger partial charge on any atom is 0.244 e. The first-order chi connectivity index (χ1) is 17.5. The number of ether oxygens (including phenoxy) is 2. The highest BCUT2D eigenvalue weighted by Gasteiger charge is 2.32. The average molecular weight is 536 g/mol. The van der Waals surface area contributed by atoms with Crippen LogP contribution >= 0.6 is 0 Å². The molecule has 0 heterocycles. The Bertz CT molecular complexity index is 1220. The van der Waals surface area contributed by atoms with Gasteiger partial charge in [-0.3, -0.25) is 13.9 Å². The lowest BCUT2D eigenvalue weighted by Gasteiger charge is -2.32. The van der Waals surface area contributed by atoms with Gasteiger partial charge in [-0.05, 0) is 38.0 Å². The molecule has 1 aliphatic carbocycles. The first-order valence-corrected chi connectivity index (χ1v) is 13.9. The van der Waals surface area contributed by atoms with E-state index in [4.69, 9.17) is 9.47 Å². The molecule has 0 bridgehead atoms. The Balaban J connectivity index is 1.92. The van der Waals surface area contributed by atoms with E-state index in [0.29, 0.717) is 5.75 Å². The number of methoxy groups -OCH3 is 2. The van der Waals surface area contributed by atoms with Crippen molar-refractivity contribution in [2.75, 3.05) is 31.3 Å². The van der Waals surface area contributed by atoms with Gasteiger partial charge in [-0.1, -0.05) is 31.0 Å². The molecule has 1 aliphatic rings. The van der Waals surface area contributed by atoms with E-state index in [2.05, 4.69) is 5.32 Å². The molecule has 9 nitrogen and oxygen atoms in total. The second-order valence-electron chi connectivity index (χ2n) is 9.09. The van der Waals surface area contributed by atoms with Crippen LogP contribution in [0.4, 0.5) is 10.1 Å². The van der Waals surface area contributed by atoms with Crippen LogP contribution in [0.25, 0.3) is 0 Å². The van der Waals surface area contributed by atoms with Gasteiger partial charge < -0.3 is 19.7 Å². The smallest absolute Gasteiger partial charge is 0.244 e. The summed E-state index contributed by atoms with van der Waals surface area (Å²) in [6.45, 7) is 0.766. The fraction of sp³-hybridized carbons (Fsp3) is 0.462. The normalized spacial score (nSPS) is 14.6. The van der Waals surface area contributed by atoms with Crippen molar-refractivity contribution in [3.05, 3.63) is 53.8 Å². The van der Waals surface area contributed by atoms with Gasteiger partial charge >= 0.3 is 0 Å². The third kappa shape index (κ3) is 7.12. The summed E-state index contributed by atoms with van der Waals surface area (Å²) in [6.07, 6.45) is 4.74. The Morgan fingerprint density at radius 2 is 1.73 bits per heavy atom. The average Bonchev–Trinajstić information content (AvgIpc) is 3.38. The first-order valence-electron chi connectivity index (χ1n) is 12.1. The second-order valence-corrected chi connectivity index (χ2v) is 11.0. The number of halogens is 1. The Morgan fingerprint density at radius 3 is 2.32 bits per heavy atom. The SMILES string of the molecule is COc1ccc(N(CC(=O)N(Cc2ccccc2F)C(C)C(=O)NC2CCCC2)S(C)(=O)=O)cc1OC. The third-order valence-corrected chi connectivity index (χ3v) is 7.64. The number of amides is 2. The molecule has 202 valence electrons. The van der Waals surface area contributed by atoms with E-state index in [1.165, 1.54) is 55.5 Å². The largest absolute Gasteiger partial charge is 0.493 e. The molecular weight excluding hydrogens is 501 g/mol. The van der Waals surface area contributed by atoms with Crippen molar-refractivity contribution >= 4 is 27.5 Å². The summed E-state index contributed by atoms with van der Waals surface area (Å²) in [5.41, 5.74) is 0.399. The van der Waals surface area contributed by atoms with Crippen molar-refractivity contribution in [1.82, 2.24) is 10.2 Å². The zero-order valence-corrected chi connectivity index (χ0v) is 22.4. The number of anilines is 1. The molecule has 1 N–H and O–H groups in total. The van der Waals surface area contributed by atoms with Gasteiger partial charge in [0.05, 0.1) is 26.2 Å². The number of nitrogens with one attached hydrogen (secondary N) is 1. The van der Waals surface area contributed by atoms with Crippen molar-refractivity contribution in [1.29, 1.82) is 0 Å². The van der Waals surface area contributed by atoms with Gasteiger partial charge in [-0.25, -0.2) is 12.8 Å². The van der Waals surface area contributed by atoms with E-state index in [0.717, 1.165) is 36.2 Å². The molecule has 1 atom stereocenters. The van der Waals surface area contributed by atoms with Crippen molar-refractivity contribution in [2.24, 2.45) is 0 Å². The Hall–Kier alpha value is -3.34. The van der Waals surface area contributed by atoms with Crippen LogP contribution in [-0.2, 0) is 26.2 Å². The van der Waals surface area contributed by atoms with Crippen molar-refractivity contribution in [2.45, 2.75) is 51.2 Å². The number of carbonyl (C=O) groups is 2. The molecule has 2 aromatic rings. The summed E-state index contributed by atoms with van der Waals surface area (Å²) in [7, 11) is -1.05. The monoisotopic (exact) mass is 535 g/mol. The molecule has 0 radical (unpaired) electrons. The zero-order chi connectivity index (χ0) is 27.2. The van der Waals surface area contributed by atoms with Crippen LogP contribution in [0.15, 0.2) is 42.5 Å². The highest BCUT2D eigenvalue weighted by Crippen LogP contribution is 2.32. The number of rotatable bonds is 11. The fourth-order valence-electron chi connectivity index (χ4n) is 4.38. The summed E-state index contributed by atoms with van der Waals surface area (Å²) in [5.74, 6) is -0.868. The molecule has 1 fully saturated rings. The lowest BCUT2D eigenvalue weighted by Crippen LogP contribution is -2.52. The minimum Gasteiger partial charge on any atom is -0.493 e. The summed E-state index contributed by atoms with van der Waals surface area (Å²) < 4.78 is 51.4. The van der Waals surface area contributed by atoms with Crippen LogP contribution in [0, 0.1) is 5.82 Å². The quantitative estimate of drug-likeness (QED) is 0.474.